The summed E-state index contributed by atoms with van der Waals surface area (Å²) in [6, 6.07) is 3.04. The smallest absolute Gasteiger partial charge is 0.416 e. The number of carbonyl (C=O) groups excluding carboxylic acids is 1. The summed E-state index contributed by atoms with van der Waals surface area (Å²) in [5.74, 6) is -0.528. The largest absolute Gasteiger partial charge is 0.496 e. The molecule has 0 amide bonds. The van der Waals surface area contributed by atoms with Crippen molar-refractivity contribution in [2.75, 3.05) is 13.7 Å². The van der Waals surface area contributed by atoms with Crippen molar-refractivity contribution < 1.29 is 27.4 Å². The van der Waals surface area contributed by atoms with E-state index in [1.54, 1.807) is 6.92 Å². The van der Waals surface area contributed by atoms with E-state index in [-0.39, 0.29) is 12.4 Å². The minimum Gasteiger partial charge on any atom is -0.496 e. The zero-order valence-corrected chi connectivity index (χ0v) is 10.5. The number of esters is 1. The summed E-state index contributed by atoms with van der Waals surface area (Å²) in [6.07, 6.45) is -1.96. The van der Waals surface area contributed by atoms with Crippen molar-refractivity contribution in [2.24, 2.45) is 0 Å². The maximum absolute atomic E-state index is 12.5. The SMILES string of the molecule is CCOC(=O)/C=C/c1ccc(C(F)(F)F)cc1OC. The Bertz CT molecular complexity index is 479. The molecule has 0 aliphatic heterocycles. The molecule has 1 aromatic rings. The lowest BCUT2D eigenvalue weighted by Crippen LogP contribution is -2.05. The minimum absolute atomic E-state index is 0.0374. The lowest BCUT2D eigenvalue weighted by Gasteiger charge is -2.10. The fourth-order valence-electron chi connectivity index (χ4n) is 1.37. The summed E-state index contributed by atoms with van der Waals surface area (Å²) in [7, 11) is 1.26. The molecule has 0 atom stereocenters. The van der Waals surface area contributed by atoms with Crippen molar-refractivity contribution in [2.45, 2.75) is 13.1 Å². The van der Waals surface area contributed by atoms with Gasteiger partial charge in [0.25, 0.3) is 0 Å². The normalized spacial score (nSPS) is 11.6. The molecule has 0 aliphatic carbocycles. The Morgan fingerprint density at radius 3 is 2.58 bits per heavy atom. The van der Waals surface area contributed by atoms with E-state index >= 15 is 0 Å². The number of hydrogen-bond donors (Lipinski definition) is 0. The van der Waals surface area contributed by atoms with Gasteiger partial charge in [0.2, 0.25) is 0 Å². The monoisotopic (exact) mass is 274 g/mol. The molecule has 0 heterocycles. The molecule has 0 fully saturated rings. The average molecular weight is 274 g/mol. The molecule has 0 aliphatic rings. The first kappa shape index (κ1) is 15.1. The first-order valence-electron chi connectivity index (χ1n) is 5.48. The minimum atomic E-state index is -4.43. The van der Waals surface area contributed by atoms with Crippen LogP contribution >= 0.6 is 0 Å². The third-order valence-electron chi connectivity index (χ3n) is 2.25. The van der Waals surface area contributed by atoms with Gasteiger partial charge in [-0.15, -0.1) is 0 Å². The molecule has 6 heteroatoms. The van der Waals surface area contributed by atoms with E-state index in [2.05, 4.69) is 4.74 Å². The Labute approximate surface area is 108 Å². The third-order valence-corrected chi connectivity index (χ3v) is 2.25. The molecule has 1 aromatic carbocycles. The first-order valence-corrected chi connectivity index (χ1v) is 5.48. The van der Waals surface area contributed by atoms with Crippen LogP contribution in [0.4, 0.5) is 13.2 Å². The van der Waals surface area contributed by atoms with Gasteiger partial charge in [0, 0.05) is 11.6 Å². The maximum atomic E-state index is 12.5. The number of rotatable bonds is 4. The van der Waals surface area contributed by atoms with Gasteiger partial charge in [-0.1, -0.05) is 6.07 Å². The summed E-state index contributed by atoms with van der Waals surface area (Å²) >= 11 is 0. The Morgan fingerprint density at radius 2 is 2.05 bits per heavy atom. The van der Waals surface area contributed by atoms with Crippen LogP contribution in [0.15, 0.2) is 24.3 Å². The van der Waals surface area contributed by atoms with E-state index in [9.17, 15) is 18.0 Å². The van der Waals surface area contributed by atoms with Gasteiger partial charge < -0.3 is 9.47 Å². The highest BCUT2D eigenvalue weighted by Crippen LogP contribution is 2.33. The molecule has 0 aromatic heterocycles. The van der Waals surface area contributed by atoms with E-state index in [0.29, 0.717) is 5.56 Å². The molecule has 0 N–H and O–H groups in total. The van der Waals surface area contributed by atoms with Gasteiger partial charge >= 0.3 is 12.1 Å². The number of ether oxygens (including phenoxy) is 2. The van der Waals surface area contributed by atoms with Gasteiger partial charge in [0.1, 0.15) is 5.75 Å². The van der Waals surface area contributed by atoms with Gasteiger partial charge in [-0.2, -0.15) is 13.2 Å². The van der Waals surface area contributed by atoms with Crippen LogP contribution < -0.4 is 4.74 Å². The van der Waals surface area contributed by atoms with Crippen LogP contribution in [-0.4, -0.2) is 19.7 Å². The van der Waals surface area contributed by atoms with E-state index in [0.717, 1.165) is 18.2 Å². The fourth-order valence-corrected chi connectivity index (χ4v) is 1.37. The average Bonchev–Trinajstić information content (AvgIpc) is 2.35. The number of benzene rings is 1. The highest BCUT2D eigenvalue weighted by atomic mass is 19.4. The number of carbonyl (C=O) groups is 1. The van der Waals surface area contributed by atoms with Crippen molar-refractivity contribution >= 4 is 12.0 Å². The molecule has 1 rings (SSSR count). The molecule has 0 spiro atoms. The Morgan fingerprint density at radius 1 is 1.37 bits per heavy atom. The molecule has 19 heavy (non-hydrogen) atoms. The summed E-state index contributed by atoms with van der Waals surface area (Å²) in [5.41, 5.74) is -0.443. The summed E-state index contributed by atoms with van der Waals surface area (Å²) < 4.78 is 47.0. The lowest BCUT2D eigenvalue weighted by atomic mass is 10.1. The molecule has 0 bridgehead atoms. The van der Waals surface area contributed by atoms with Crippen LogP contribution in [0.25, 0.3) is 6.08 Å². The summed E-state index contributed by atoms with van der Waals surface area (Å²) in [4.78, 5) is 11.1. The van der Waals surface area contributed by atoms with Gasteiger partial charge in [-0.05, 0) is 25.1 Å². The van der Waals surface area contributed by atoms with Crippen LogP contribution in [0.5, 0.6) is 5.75 Å². The fraction of sp³-hybridized carbons (Fsp3) is 0.308. The zero-order valence-electron chi connectivity index (χ0n) is 10.5. The van der Waals surface area contributed by atoms with E-state index in [4.69, 9.17) is 4.74 Å². The highest BCUT2D eigenvalue weighted by molar-refractivity contribution is 5.87. The Hall–Kier alpha value is -1.98. The maximum Gasteiger partial charge on any atom is 0.416 e. The van der Waals surface area contributed by atoms with Gasteiger partial charge in [-0.25, -0.2) is 4.79 Å². The zero-order chi connectivity index (χ0) is 14.5. The second-order valence-corrected chi connectivity index (χ2v) is 3.54. The molecule has 0 radical (unpaired) electrons. The Balaban J connectivity index is 3.00. The number of hydrogen-bond acceptors (Lipinski definition) is 3. The van der Waals surface area contributed by atoms with Crippen LogP contribution in [0, 0.1) is 0 Å². The number of halogens is 3. The topological polar surface area (TPSA) is 35.5 Å². The van der Waals surface area contributed by atoms with Gasteiger partial charge in [0.15, 0.2) is 0 Å². The van der Waals surface area contributed by atoms with E-state index in [1.165, 1.54) is 19.3 Å². The predicted octanol–water partition coefficient (Wildman–Crippen LogP) is 3.29. The van der Waals surface area contributed by atoms with Crippen LogP contribution in [0.2, 0.25) is 0 Å². The molecule has 0 unspecified atom stereocenters. The van der Waals surface area contributed by atoms with E-state index < -0.39 is 17.7 Å². The Kier molecular flexibility index (Phi) is 4.97. The van der Waals surface area contributed by atoms with Crippen molar-refractivity contribution in [3.8, 4) is 5.75 Å². The molecule has 3 nitrogen and oxygen atoms in total. The van der Waals surface area contributed by atoms with E-state index in [1.807, 2.05) is 0 Å². The third kappa shape index (κ3) is 4.31. The van der Waals surface area contributed by atoms with Gasteiger partial charge in [-0.3, -0.25) is 0 Å². The van der Waals surface area contributed by atoms with Crippen LogP contribution in [0.3, 0.4) is 0 Å². The van der Waals surface area contributed by atoms with Gasteiger partial charge in [0.05, 0.1) is 19.3 Å². The molecule has 104 valence electrons. The standard InChI is InChI=1S/C13H13F3O3/c1-3-19-12(17)7-5-9-4-6-10(13(14,15)16)8-11(9)18-2/h4-8H,3H2,1-2H3/b7-5+. The second-order valence-electron chi connectivity index (χ2n) is 3.54. The number of alkyl halides is 3. The first-order chi connectivity index (χ1) is 8.88. The number of methoxy groups -OCH3 is 1. The highest BCUT2D eigenvalue weighted by Gasteiger charge is 2.31. The van der Waals surface area contributed by atoms with Crippen LogP contribution in [0.1, 0.15) is 18.1 Å². The van der Waals surface area contributed by atoms with Crippen molar-refractivity contribution in [1.82, 2.24) is 0 Å². The van der Waals surface area contributed by atoms with Crippen LogP contribution in [-0.2, 0) is 15.7 Å². The summed E-state index contributed by atoms with van der Waals surface area (Å²) in [5, 5.41) is 0. The predicted molar refractivity (Wildman–Crippen MR) is 63.7 cm³/mol. The quantitative estimate of drug-likeness (QED) is 0.624. The molecule has 0 saturated carbocycles. The van der Waals surface area contributed by atoms with Crippen molar-refractivity contribution in [3.05, 3.63) is 35.4 Å². The molecular weight excluding hydrogens is 261 g/mol. The summed E-state index contributed by atoms with van der Waals surface area (Å²) in [6.45, 7) is 1.89. The lowest BCUT2D eigenvalue weighted by molar-refractivity contribution is -0.138. The van der Waals surface area contributed by atoms with Crippen molar-refractivity contribution in [1.29, 1.82) is 0 Å². The molecule has 0 saturated heterocycles. The van der Waals surface area contributed by atoms with Crippen molar-refractivity contribution in [3.63, 3.8) is 0 Å². The molecular formula is C13H13F3O3. The second kappa shape index (κ2) is 6.26.